The average Bonchev–Trinajstić information content (AvgIpc) is 3.51. The topological polar surface area (TPSA) is 116 Å². The number of methoxy groups -OCH3 is 1. The van der Waals surface area contributed by atoms with E-state index in [1.165, 1.54) is 11.6 Å². The summed E-state index contributed by atoms with van der Waals surface area (Å²) in [5.74, 6) is 1.36. The Hall–Kier alpha value is -5.63. The highest BCUT2D eigenvalue weighted by atomic mass is 16.5. The van der Waals surface area contributed by atoms with E-state index < -0.39 is 0 Å². The number of nitrogens with one attached hydrogen (secondary N) is 3. The molecule has 46 heavy (non-hydrogen) atoms. The number of aryl methyl sites for hydroxylation is 1. The average molecular weight is 615 g/mol. The van der Waals surface area contributed by atoms with E-state index in [9.17, 15) is 14.7 Å². The van der Waals surface area contributed by atoms with E-state index in [4.69, 9.17) is 4.74 Å². The maximum Gasteiger partial charge on any atom is 0.244 e. The van der Waals surface area contributed by atoms with Gasteiger partial charge in [-0.15, -0.1) is 0 Å². The lowest BCUT2D eigenvalue weighted by Crippen LogP contribution is -2.34. The van der Waals surface area contributed by atoms with Gasteiger partial charge in [-0.2, -0.15) is 0 Å². The summed E-state index contributed by atoms with van der Waals surface area (Å²) in [5, 5.41) is 15.5. The summed E-state index contributed by atoms with van der Waals surface area (Å²) < 4.78 is 5.24. The molecule has 5 aromatic rings. The third-order valence-corrected chi connectivity index (χ3v) is 7.63. The number of carbonyl (C=O) groups is 2. The lowest BCUT2D eigenvalue weighted by Gasteiger charge is -2.16. The van der Waals surface area contributed by atoms with Crippen molar-refractivity contribution >= 4 is 40.1 Å². The smallest absolute Gasteiger partial charge is 0.244 e. The first-order valence-electron chi connectivity index (χ1n) is 15.4. The number of benzene rings is 4. The van der Waals surface area contributed by atoms with Crippen LogP contribution in [-0.2, 0) is 16.0 Å². The highest BCUT2D eigenvalue weighted by Crippen LogP contribution is 2.35. The van der Waals surface area contributed by atoms with Crippen molar-refractivity contribution in [2.75, 3.05) is 20.2 Å². The molecule has 1 heterocycles. The molecule has 0 spiro atoms. The second-order valence-corrected chi connectivity index (χ2v) is 10.8. The maximum absolute atomic E-state index is 12.4. The third-order valence-electron chi connectivity index (χ3n) is 7.63. The Kier molecular flexibility index (Phi) is 10.6. The minimum Gasteiger partial charge on any atom is -0.508 e. The second kappa shape index (κ2) is 15.4. The molecule has 234 valence electrons. The lowest BCUT2D eigenvalue weighted by atomic mass is 9.88. The number of ether oxygens (including phenoxy) is 1. The standard InChI is InChI=1S/C38H38N4O4/c1-3-32(27-7-5-4-6-8-27)38(29-14-16-30(43)17-15-29)28-12-9-26(10-13-28)11-21-36(44)39-23-24-40-37(45)22-20-35-41-33-19-18-31(46-2)25-34(33)42-35/h4-19,21,25,43H,3,20,22-24H2,1-2H3,(H,39,44)(H,40,45)(H,41,42)/b21-11+,38-32?. The van der Waals surface area contributed by atoms with Crippen molar-refractivity contribution in [1.82, 2.24) is 20.6 Å². The van der Waals surface area contributed by atoms with Crippen LogP contribution in [0.3, 0.4) is 0 Å². The van der Waals surface area contributed by atoms with Crippen LogP contribution in [0.5, 0.6) is 11.5 Å². The highest BCUT2D eigenvalue weighted by molar-refractivity contribution is 5.99. The van der Waals surface area contributed by atoms with E-state index in [1.54, 1.807) is 25.3 Å². The Morgan fingerprint density at radius 3 is 2.26 bits per heavy atom. The molecule has 8 heteroatoms. The summed E-state index contributed by atoms with van der Waals surface area (Å²) >= 11 is 0. The van der Waals surface area contributed by atoms with Crippen LogP contribution in [0.2, 0.25) is 0 Å². The Balaban J connectivity index is 1.13. The van der Waals surface area contributed by atoms with Crippen LogP contribution in [-0.4, -0.2) is 47.1 Å². The van der Waals surface area contributed by atoms with Crippen LogP contribution in [0.4, 0.5) is 0 Å². The number of imidazole rings is 1. The first kappa shape index (κ1) is 31.8. The molecule has 0 aliphatic heterocycles. The van der Waals surface area contributed by atoms with Crippen LogP contribution in [0.15, 0.2) is 103 Å². The predicted molar refractivity (Wildman–Crippen MR) is 183 cm³/mol. The molecule has 4 N–H and O–H groups in total. The van der Waals surface area contributed by atoms with Gasteiger partial charge >= 0.3 is 0 Å². The minimum atomic E-state index is -0.238. The van der Waals surface area contributed by atoms with E-state index in [0.29, 0.717) is 19.5 Å². The molecule has 0 radical (unpaired) electrons. The summed E-state index contributed by atoms with van der Waals surface area (Å²) in [4.78, 5) is 32.4. The van der Waals surface area contributed by atoms with Crippen molar-refractivity contribution < 1.29 is 19.4 Å². The number of amides is 2. The number of hydrogen-bond donors (Lipinski definition) is 4. The van der Waals surface area contributed by atoms with Crippen LogP contribution in [0, 0.1) is 0 Å². The Bertz CT molecular complexity index is 1840. The molecule has 0 bridgehead atoms. The number of fused-ring (bicyclic) bond motifs is 1. The fraction of sp³-hybridized carbons (Fsp3) is 0.184. The number of phenolic OH excluding ortho intramolecular Hbond substituents is 1. The van der Waals surface area contributed by atoms with E-state index >= 15 is 0 Å². The van der Waals surface area contributed by atoms with Crippen LogP contribution >= 0.6 is 0 Å². The number of H-pyrrole nitrogens is 1. The summed E-state index contributed by atoms with van der Waals surface area (Å²) in [6.07, 6.45) is 4.86. The summed E-state index contributed by atoms with van der Waals surface area (Å²) in [6.45, 7) is 2.79. The number of aromatic nitrogens is 2. The van der Waals surface area contributed by atoms with Gasteiger partial charge in [-0.1, -0.05) is 73.7 Å². The molecule has 0 saturated heterocycles. The number of aromatic amines is 1. The molecule has 0 aliphatic rings. The molecule has 4 aromatic carbocycles. The van der Waals surface area contributed by atoms with E-state index in [-0.39, 0.29) is 24.0 Å². The van der Waals surface area contributed by atoms with Gasteiger partial charge in [0.15, 0.2) is 0 Å². The zero-order chi connectivity index (χ0) is 32.3. The molecule has 0 fully saturated rings. The Morgan fingerprint density at radius 1 is 0.870 bits per heavy atom. The number of nitrogens with zero attached hydrogens (tertiary/aromatic N) is 1. The molecular formula is C38H38N4O4. The largest absolute Gasteiger partial charge is 0.508 e. The van der Waals surface area contributed by atoms with Gasteiger partial charge in [-0.25, -0.2) is 4.98 Å². The first-order valence-corrected chi connectivity index (χ1v) is 15.4. The van der Waals surface area contributed by atoms with E-state index in [0.717, 1.165) is 56.9 Å². The van der Waals surface area contributed by atoms with Gasteiger partial charge in [0.1, 0.15) is 17.3 Å². The summed E-state index contributed by atoms with van der Waals surface area (Å²) in [7, 11) is 1.62. The SMILES string of the molecule is CCC(=C(c1ccc(O)cc1)c1ccc(/C=C/C(=O)NCCNC(=O)CCc2nc3ccc(OC)cc3[nH]2)cc1)c1ccccc1. The van der Waals surface area contributed by atoms with Crippen LogP contribution in [0.1, 0.15) is 47.8 Å². The molecular weight excluding hydrogens is 576 g/mol. The van der Waals surface area contributed by atoms with Gasteiger partial charge in [0.2, 0.25) is 11.8 Å². The summed E-state index contributed by atoms with van der Waals surface area (Å²) in [6, 6.07) is 31.2. The van der Waals surface area contributed by atoms with Crippen molar-refractivity contribution in [2.45, 2.75) is 26.2 Å². The van der Waals surface area contributed by atoms with Gasteiger partial charge in [-0.3, -0.25) is 9.59 Å². The normalized spacial score (nSPS) is 11.8. The first-order chi connectivity index (χ1) is 22.4. The molecule has 2 amide bonds. The van der Waals surface area contributed by atoms with E-state index in [1.807, 2.05) is 60.7 Å². The molecule has 1 aromatic heterocycles. The third kappa shape index (κ3) is 8.30. The number of phenols is 1. The molecule has 0 saturated carbocycles. The minimum absolute atomic E-state index is 0.109. The number of carbonyl (C=O) groups excluding carboxylic acids is 2. The molecule has 5 rings (SSSR count). The predicted octanol–water partition coefficient (Wildman–Crippen LogP) is 6.52. The van der Waals surface area contributed by atoms with Crippen LogP contribution < -0.4 is 15.4 Å². The van der Waals surface area contributed by atoms with Crippen molar-refractivity contribution in [3.05, 3.63) is 131 Å². The number of allylic oxidation sites excluding steroid dienone is 1. The lowest BCUT2D eigenvalue weighted by molar-refractivity contribution is -0.121. The number of aromatic hydroxyl groups is 1. The second-order valence-electron chi connectivity index (χ2n) is 10.8. The van der Waals surface area contributed by atoms with Crippen molar-refractivity contribution in [1.29, 1.82) is 0 Å². The van der Waals surface area contributed by atoms with Gasteiger partial charge in [0.25, 0.3) is 0 Å². The van der Waals surface area contributed by atoms with Crippen LogP contribution in [0.25, 0.3) is 28.3 Å². The molecule has 8 nitrogen and oxygen atoms in total. The van der Waals surface area contributed by atoms with Gasteiger partial charge in [0.05, 0.1) is 18.1 Å². The number of hydrogen-bond acceptors (Lipinski definition) is 5. The number of rotatable bonds is 13. The zero-order valence-electron chi connectivity index (χ0n) is 26.0. The highest BCUT2D eigenvalue weighted by Gasteiger charge is 2.13. The fourth-order valence-corrected chi connectivity index (χ4v) is 5.29. The van der Waals surface area contributed by atoms with Crippen molar-refractivity contribution in [3.8, 4) is 11.5 Å². The zero-order valence-corrected chi connectivity index (χ0v) is 26.0. The monoisotopic (exact) mass is 614 g/mol. The fourth-order valence-electron chi connectivity index (χ4n) is 5.29. The van der Waals surface area contributed by atoms with Gasteiger partial charge in [0, 0.05) is 38.1 Å². The molecule has 0 aliphatic carbocycles. The van der Waals surface area contributed by atoms with Crippen molar-refractivity contribution in [3.63, 3.8) is 0 Å². The molecule has 0 unspecified atom stereocenters. The van der Waals surface area contributed by atoms with Gasteiger partial charge in [-0.05, 0) is 70.2 Å². The summed E-state index contributed by atoms with van der Waals surface area (Å²) in [5.41, 5.74) is 8.10. The van der Waals surface area contributed by atoms with Gasteiger partial charge < -0.3 is 25.5 Å². The van der Waals surface area contributed by atoms with E-state index in [2.05, 4.69) is 51.8 Å². The Labute approximate surface area is 268 Å². The maximum atomic E-state index is 12.4. The molecule has 0 atom stereocenters. The Morgan fingerprint density at radius 2 is 1.57 bits per heavy atom. The quantitative estimate of drug-likeness (QED) is 0.0684. The van der Waals surface area contributed by atoms with Crippen molar-refractivity contribution in [2.24, 2.45) is 0 Å².